The van der Waals surface area contributed by atoms with E-state index in [2.05, 4.69) is 21.2 Å². The van der Waals surface area contributed by atoms with Gasteiger partial charge in [-0.3, -0.25) is 4.79 Å². The third kappa shape index (κ3) is 4.31. The normalized spacial score (nSPS) is 17.9. The van der Waals surface area contributed by atoms with Crippen molar-refractivity contribution in [1.29, 1.82) is 0 Å². The molecule has 1 aliphatic rings. The maximum atomic E-state index is 12.9. The second-order valence-electron chi connectivity index (χ2n) is 7.61. The molecular formula is C22H23BrN2O4S. The molecule has 0 spiro atoms. The number of halogens is 1. The van der Waals surface area contributed by atoms with Gasteiger partial charge in [0.15, 0.2) is 0 Å². The first-order valence-electron chi connectivity index (χ1n) is 9.92. The summed E-state index contributed by atoms with van der Waals surface area (Å²) < 4.78 is 33.8. The molecule has 158 valence electrons. The van der Waals surface area contributed by atoms with Gasteiger partial charge >= 0.3 is 0 Å². The van der Waals surface area contributed by atoms with Gasteiger partial charge in [0.25, 0.3) is 0 Å². The summed E-state index contributed by atoms with van der Waals surface area (Å²) >= 11 is 3.43. The highest BCUT2D eigenvalue weighted by Crippen LogP contribution is 2.27. The predicted octanol–water partition coefficient (Wildman–Crippen LogP) is 4.94. The molecule has 1 aliphatic heterocycles. The fraction of sp³-hybridized carbons (Fsp3) is 0.318. The number of carbonyl (C=O) groups is 1. The third-order valence-electron chi connectivity index (χ3n) is 5.45. The van der Waals surface area contributed by atoms with Crippen LogP contribution in [0.1, 0.15) is 31.7 Å². The van der Waals surface area contributed by atoms with Gasteiger partial charge in [0.2, 0.25) is 15.9 Å². The van der Waals surface area contributed by atoms with Gasteiger partial charge in [-0.05, 0) is 62.2 Å². The lowest BCUT2D eigenvalue weighted by molar-refractivity contribution is -0.115. The molecule has 2 aromatic carbocycles. The molecule has 1 unspecified atom stereocenters. The van der Waals surface area contributed by atoms with Crippen LogP contribution >= 0.6 is 15.9 Å². The fourth-order valence-corrected chi connectivity index (χ4v) is 5.90. The molecule has 1 atom stereocenters. The molecule has 1 saturated heterocycles. The third-order valence-corrected chi connectivity index (χ3v) is 7.97. The highest BCUT2D eigenvalue weighted by molar-refractivity contribution is 9.10. The van der Waals surface area contributed by atoms with Crippen molar-refractivity contribution in [3.05, 3.63) is 58.8 Å². The maximum absolute atomic E-state index is 12.9. The summed E-state index contributed by atoms with van der Waals surface area (Å²) in [7, 11) is -3.52. The average Bonchev–Trinajstić information content (AvgIpc) is 3.10. The minimum absolute atomic E-state index is 0.00736. The van der Waals surface area contributed by atoms with E-state index in [1.807, 2.05) is 25.1 Å². The van der Waals surface area contributed by atoms with Crippen molar-refractivity contribution in [2.75, 3.05) is 11.9 Å². The smallest absolute Gasteiger partial charge is 0.243 e. The van der Waals surface area contributed by atoms with Crippen LogP contribution in [0.15, 0.2) is 62.5 Å². The van der Waals surface area contributed by atoms with E-state index in [1.165, 1.54) is 0 Å². The van der Waals surface area contributed by atoms with Crippen molar-refractivity contribution >= 4 is 48.5 Å². The first-order valence-corrected chi connectivity index (χ1v) is 12.2. The van der Waals surface area contributed by atoms with Gasteiger partial charge < -0.3 is 9.73 Å². The van der Waals surface area contributed by atoms with Crippen LogP contribution in [-0.2, 0) is 21.2 Å². The molecule has 0 radical (unpaired) electrons. The number of furan rings is 1. The Morgan fingerprint density at radius 3 is 2.70 bits per heavy atom. The number of fused-ring (bicyclic) bond motifs is 1. The van der Waals surface area contributed by atoms with Gasteiger partial charge in [0.05, 0.1) is 17.6 Å². The quantitative estimate of drug-likeness (QED) is 0.549. The monoisotopic (exact) mass is 490 g/mol. The summed E-state index contributed by atoms with van der Waals surface area (Å²) in [5, 5.41) is 3.71. The number of piperidine rings is 1. The Hall–Kier alpha value is -2.16. The highest BCUT2D eigenvalue weighted by Gasteiger charge is 2.30. The van der Waals surface area contributed by atoms with E-state index in [1.54, 1.807) is 34.8 Å². The number of benzene rings is 2. The molecule has 2 heterocycles. The lowest BCUT2D eigenvalue weighted by atomic mass is 10.1. The van der Waals surface area contributed by atoms with Crippen LogP contribution in [0.4, 0.5) is 5.69 Å². The van der Waals surface area contributed by atoms with Crippen molar-refractivity contribution in [2.45, 2.75) is 43.5 Å². The Morgan fingerprint density at radius 2 is 1.97 bits per heavy atom. The number of hydrogen-bond donors (Lipinski definition) is 1. The fourth-order valence-electron chi connectivity index (χ4n) is 3.84. The first-order chi connectivity index (χ1) is 14.3. The lowest BCUT2D eigenvalue weighted by Crippen LogP contribution is -2.41. The van der Waals surface area contributed by atoms with E-state index in [0.29, 0.717) is 12.2 Å². The molecule has 1 amide bonds. The molecule has 0 bridgehead atoms. The van der Waals surface area contributed by atoms with Gasteiger partial charge in [-0.25, -0.2) is 8.42 Å². The Morgan fingerprint density at radius 1 is 1.20 bits per heavy atom. The number of nitrogens with one attached hydrogen (secondary N) is 1. The minimum Gasteiger partial charge on any atom is -0.464 e. The standard InChI is InChI=1S/C22H23BrN2O4S/c1-15-4-2-3-11-25(15)30(27,28)19-8-6-18(7-9-19)24-22(26)12-16-14-29-21-10-5-17(23)13-20(16)21/h5-10,13-15H,2-4,11-12H2,1H3,(H,24,26). The van der Waals surface area contributed by atoms with Crippen LogP contribution in [-0.4, -0.2) is 31.2 Å². The van der Waals surface area contributed by atoms with E-state index in [-0.39, 0.29) is 23.3 Å². The molecule has 0 aliphatic carbocycles. The Balaban J connectivity index is 1.45. The highest BCUT2D eigenvalue weighted by atomic mass is 79.9. The maximum Gasteiger partial charge on any atom is 0.243 e. The van der Waals surface area contributed by atoms with Gasteiger partial charge in [-0.1, -0.05) is 22.4 Å². The van der Waals surface area contributed by atoms with E-state index >= 15 is 0 Å². The van der Waals surface area contributed by atoms with Crippen molar-refractivity contribution in [3.63, 3.8) is 0 Å². The van der Waals surface area contributed by atoms with Crippen molar-refractivity contribution in [2.24, 2.45) is 0 Å². The average molecular weight is 491 g/mol. The van der Waals surface area contributed by atoms with Crippen LogP contribution in [0.5, 0.6) is 0 Å². The van der Waals surface area contributed by atoms with Crippen LogP contribution < -0.4 is 5.32 Å². The number of rotatable bonds is 5. The summed E-state index contributed by atoms with van der Waals surface area (Å²) in [4.78, 5) is 12.7. The number of nitrogens with zero attached hydrogens (tertiary/aromatic N) is 1. The molecule has 30 heavy (non-hydrogen) atoms. The number of amides is 1. The largest absolute Gasteiger partial charge is 0.464 e. The van der Waals surface area contributed by atoms with Crippen LogP contribution in [0.3, 0.4) is 0 Å². The molecule has 1 aromatic heterocycles. The zero-order valence-electron chi connectivity index (χ0n) is 16.6. The van der Waals surface area contributed by atoms with Gasteiger partial charge in [-0.2, -0.15) is 4.31 Å². The number of sulfonamides is 1. The van der Waals surface area contributed by atoms with E-state index in [0.717, 1.165) is 40.3 Å². The number of anilines is 1. The topological polar surface area (TPSA) is 79.6 Å². The molecule has 6 nitrogen and oxygen atoms in total. The molecule has 3 aromatic rings. The number of hydrogen-bond acceptors (Lipinski definition) is 4. The molecular weight excluding hydrogens is 468 g/mol. The van der Waals surface area contributed by atoms with E-state index in [9.17, 15) is 13.2 Å². The molecule has 1 fully saturated rings. The van der Waals surface area contributed by atoms with Crippen molar-refractivity contribution < 1.29 is 17.6 Å². The summed E-state index contributed by atoms with van der Waals surface area (Å²) in [6.07, 6.45) is 4.58. The van der Waals surface area contributed by atoms with Crippen molar-refractivity contribution in [1.82, 2.24) is 4.31 Å². The second kappa shape index (κ2) is 8.53. The minimum atomic E-state index is -3.52. The predicted molar refractivity (Wildman–Crippen MR) is 120 cm³/mol. The van der Waals surface area contributed by atoms with Crippen LogP contribution in [0, 0.1) is 0 Å². The zero-order valence-corrected chi connectivity index (χ0v) is 19.0. The summed E-state index contributed by atoms with van der Waals surface area (Å²) in [5.74, 6) is -0.196. The Labute approximate surface area is 184 Å². The molecule has 4 rings (SSSR count). The zero-order chi connectivity index (χ0) is 21.3. The van der Waals surface area contributed by atoms with E-state index in [4.69, 9.17) is 4.42 Å². The molecule has 8 heteroatoms. The van der Waals surface area contributed by atoms with Crippen LogP contribution in [0.2, 0.25) is 0 Å². The first kappa shape index (κ1) is 21.1. The number of carbonyl (C=O) groups excluding carboxylic acids is 1. The van der Waals surface area contributed by atoms with Crippen LogP contribution in [0.25, 0.3) is 11.0 Å². The second-order valence-corrected chi connectivity index (χ2v) is 10.4. The molecule has 1 N–H and O–H groups in total. The Kier molecular flexibility index (Phi) is 5.99. The van der Waals surface area contributed by atoms with E-state index < -0.39 is 10.0 Å². The van der Waals surface area contributed by atoms with Gasteiger partial charge in [0, 0.05) is 33.7 Å². The van der Waals surface area contributed by atoms with Crippen molar-refractivity contribution in [3.8, 4) is 0 Å². The summed E-state index contributed by atoms with van der Waals surface area (Å²) in [5.41, 5.74) is 2.07. The summed E-state index contributed by atoms with van der Waals surface area (Å²) in [6.45, 7) is 2.50. The molecule has 0 saturated carbocycles. The summed E-state index contributed by atoms with van der Waals surface area (Å²) in [6, 6.07) is 12.0. The Bertz CT molecular complexity index is 1170. The van der Waals surface area contributed by atoms with Gasteiger partial charge in [-0.15, -0.1) is 0 Å². The SMILES string of the molecule is CC1CCCCN1S(=O)(=O)c1ccc(NC(=O)Cc2coc3ccc(Br)cc23)cc1. The van der Waals surface area contributed by atoms with Gasteiger partial charge in [0.1, 0.15) is 5.58 Å². The lowest BCUT2D eigenvalue weighted by Gasteiger charge is -2.32.